The van der Waals surface area contributed by atoms with Crippen LogP contribution in [0.4, 0.5) is 14.5 Å². The zero-order valence-corrected chi connectivity index (χ0v) is 11.6. The summed E-state index contributed by atoms with van der Waals surface area (Å²) in [5.41, 5.74) is -0.160. The molecule has 0 bridgehead atoms. The lowest BCUT2D eigenvalue weighted by atomic mass is 10.0. The number of rotatable bonds is 5. The van der Waals surface area contributed by atoms with Gasteiger partial charge in [0.05, 0.1) is 18.4 Å². The van der Waals surface area contributed by atoms with E-state index in [1.165, 1.54) is 0 Å². The van der Waals surface area contributed by atoms with E-state index in [1.54, 1.807) is 0 Å². The van der Waals surface area contributed by atoms with Gasteiger partial charge in [-0.25, -0.2) is 13.6 Å². The van der Waals surface area contributed by atoms with E-state index >= 15 is 0 Å². The van der Waals surface area contributed by atoms with Crippen LogP contribution in [0.25, 0.3) is 0 Å². The van der Waals surface area contributed by atoms with Gasteiger partial charge in [0.2, 0.25) is 0 Å². The highest BCUT2D eigenvalue weighted by molar-refractivity contribution is 5.90. The third kappa shape index (κ3) is 3.66. The molecule has 0 saturated carbocycles. The van der Waals surface area contributed by atoms with Crippen LogP contribution < -0.4 is 5.32 Å². The highest BCUT2D eigenvalue weighted by Gasteiger charge is 2.19. The number of carbonyl (C=O) groups excluding carboxylic acids is 1. The summed E-state index contributed by atoms with van der Waals surface area (Å²) in [6, 6.07) is 1.90. The fraction of sp³-hybridized carbons (Fsp3) is 0.500. The van der Waals surface area contributed by atoms with Gasteiger partial charge in [-0.2, -0.15) is 0 Å². The fourth-order valence-corrected chi connectivity index (χ4v) is 1.87. The van der Waals surface area contributed by atoms with E-state index in [1.807, 2.05) is 20.8 Å². The lowest BCUT2D eigenvalue weighted by Gasteiger charge is -2.22. The van der Waals surface area contributed by atoms with Gasteiger partial charge in [-0.3, -0.25) is 0 Å². The second-order valence-corrected chi connectivity index (χ2v) is 4.71. The van der Waals surface area contributed by atoms with Crippen molar-refractivity contribution in [3.8, 4) is 0 Å². The number of anilines is 1. The van der Waals surface area contributed by atoms with Gasteiger partial charge >= 0.3 is 5.97 Å². The Bertz CT molecular complexity index is 461. The molecule has 0 saturated heterocycles. The van der Waals surface area contributed by atoms with Gasteiger partial charge in [0, 0.05) is 12.1 Å². The maximum Gasteiger partial charge on any atom is 0.340 e. The van der Waals surface area contributed by atoms with Crippen molar-refractivity contribution in [3.63, 3.8) is 0 Å². The van der Waals surface area contributed by atoms with Crippen molar-refractivity contribution in [1.82, 2.24) is 0 Å². The molecular weight excluding hydrogens is 252 g/mol. The van der Waals surface area contributed by atoms with Crippen LogP contribution in [0.3, 0.4) is 0 Å². The Balaban J connectivity index is 3.10. The van der Waals surface area contributed by atoms with Gasteiger partial charge in [0.1, 0.15) is 11.6 Å². The molecule has 0 radical (unpaired) electrons. The molecule has 1 aromatic carbocycles. The molecule has 1 rings (SSSR count). The van der Waals surface area contributed by atoms with Crippen LogP contribution in [0.15, 0.2) is 12.1 Å². The van der Waals surface area contributed by atoms with Gasteiger partial charge in [0.15, 0.2) is 0 Å². The van der Waals surface area contributed by atoms with Crippen LogP contribution >= 0.6 is 0 Å². The molecule has 0 aliphatic carbocycles. The third-order valence-electron chi connectivity index (χ3n) is 3.05. The van der Waals surface area contributed by atoms with Crippen LogP contribution in [-0.2, 0) is 4.74 Å². The average molecular weight is 271 g/mol. The van der Waals surface area contributed by atoms with Crippen molar-refractivity contribution in [2.75, 3.05) is 12.4 Å². The molecule has 0 aromatic heterocycles. The monoisotopic (exact) mass is 271 g/mol. The number of nitrogens with one attached hydrogen (secondary N) is 1. The smallest absolute Gasteiger partial charge is 0.340 e. The number of hydrogen-bond acceptors (Lipinski definition) is 3. The van der Waals surface area contributed by atoms with Gasteiger partial charge < -0.3 is 10.1 Å². The molecule has 5 heteroatoms. The van der Waals surface area contributed by atoms with Crippen molar-refractivity contribution in [2.24, 2.45) is 5.92 Å². The fourth-order valence-electron chi connectivity index (χ4n) is 1.87. The Kier molecular flexibility index (Phi) is 5.27. The number of carbonyl (C=O) groups is 1. The highest BCUT2D eigenvalue weighted by Crippen LogP contribution is 2.23. The van der Waals surface area contributed by atoms with E-state index in [-0.39, 0.29) is 23.2 Å². The van der Waals surface area contributed by atoms with Crippen LogP contribution in [0, 0.1) is 17.6 Å². The summed E-state index contributed by atoms with van der Waals surface area (Å²) in [7, 11) is 1.15. The van der Waals surface area contributed by atoms with Crippen molar-refractivity contribution >= 4 is 11.7 Å². The zero-order chi connectivity index (χ0) is 14.6. The average Bonchev–Trinajstić information content (AvgIpc) is 2.36. The highest BCUT2D eigenvalue weighted by atomic mass is 19.1. The summed E-state index contributed by atoms with van der Waals surface area (Å²) in [4.78, 5) is 11.4. The Labute approximate surface area is 112 Å². The standard InChI is InChI=1S/C14H19F2NO2/c1-5-12(8(2)3)17-13-6-9(14(18)19-4)10(15)7-11(13)16/h6-8,12,17H,5H2,1-4H3. The molecule has 0 heterocycles. The summed E-state index contributed by atoms with van der Waals surface area (Å²) < 4.78 is 31.6. The summed E-state index contributed by atoms with van der Waals surface area (Å²) >= 11 is 0. The van der Waals surface area contributed by atoms with E-state index in [0.29, 0.717) is 6.07 Å². The first-order valence-electron chi connectivity index (χ1n) is 6.24. The first-order chi connectivity index (χ1) is 8.90. The summed E-state index contributed by atoms with van der Waals surface area (Å²) in [6.45, 7) is 5.98. The Morgan fingerprint density at radius 3 is 2.42 bits per heavy atom. The summed E-state index contributed by atoms with van der Waals surface area (Å²) in [5, 5.41) is 2.99. The molecule has 3 nitrogen and oxygen atoms in total. The summed E-state index contributed by atoms with van der Waals surface area (Å²) in [6.07, 6.45) is 0.794. The molecule has 0 spiro atoms. The van der Waals surface area contributed by atoms with Crippen molar-refractivity contribution < 1.29 is 18.3 Å². The van der Waals surface area contributed by atoms with E-state index in [2.05, 4.69) is 10.1 Å². The largest absolute Gasteiger partial charge is 0.465 e. The maximum atomic E-state index is 13.7. The van der Waals surface area contributed by atoms with Gasteiger partial charge in [-0.1, -0.05) is 20.8 Å². The Morgan fingerprint density at radius 1 is 1.32 bits per heavy atom. The molecule has 1 N–H and O–H groups in total. The number of hydrogen-bond donors (Lipinski definition) is 1. The Morgan fingerprint density at radius 2 is 1.95 bits per heavy atom. The number of methoxy groups -OCH3 is 1. The molecule has 1 aromatic rings. The molecule has 0 aliphatic heterocycles. The first kappa shape index (κ1) is 15.4. The molecule has 106 valence electrons. The lowest BCUT2D eigenvalue weighted by molar-refractivity contribution is 0.0595. The van der Waals surface area contributed by atoms with E-state index in [0.717, 1.165) is 19.6 Å². The molecular formula is C14H19F2NO2. The second kappa shape index (κ2) is 6.50. The van der Waals surface area contributed by atoms with Gasteiger partial charge in [0.25, 0.3) is 0 Å². The predicted molar refractivity (Wildman–Crippen MR) is 70.2 cm³/mol. The summed E-state index contributed by atoms with van der Waals surface area (Å²) in [5.74, 6) is -2.18. The van der Waals surface area contributed by atoms with Crippen LogP contribution in [-0.4, -0.2) is 19.1 Å². The lowest BCUT2D eigenvalue weighted by Crippen LogP contribution is -2.25. The first-order valence-corrected chi connectivity index (χ1v) is 6.24. The van der Waals surface area contributed by atoms with E-state index < -0.39 is 17.6 Å². The molecule has 0 aliphatic rings. The Hall–Kier alpha value is -1.65. The minimum Gasteiger partial charge on any atom is -0.465 e. The molecule has 1 unspecified atom stereocenters. The normalized spacial score (nSPS) is 12.4. The third-order valence-corrected chi connectivity index (χ3v) is 3.05. The van der Waals surface area contributed by atoms with E-state index in [4.69, 9.17) is 0 Å². The minimum atomic E-state index is -0.924. The second-order valence-electron chi connectivity index (χ2n) is 4.71. The SMILES string of the molecule is CCC(Nc1cc(C(=O)OC)c(F)cc1F)C(C)C. The predicted octanol–water partition coefficient (Wildman–Crippen LogP) is 3.60. The number of esters is 1. The van der Waals surface area contributed by atoms with Crippen molar-refractivity contribution in [3.05, 3.63) is 29.3 Å². The maximum absolute atomic E-state index is 13.7. The van der Waals surface area contributed by atoms with Gasteiger partial charge in [-0.05, 0) is 18.4 Å². The quantitative estimate of drug-likeness (QED) is 0.832. The van der Waals surface area contributed by atoms with Crippen LogP contribution in [0.1, 0.15) is 37.6 Å². The van der Waals surface area contributed by atoms with Gasteiger partial charge in [-0.15, -0.1) is 0 Å². The number of benzene rings is 1. The topological polar surface area (TPSA) is 38.3 Å². The minimum absolute atomic E-state index is 0.0467. The van der Waals surface area contributed by atoms with Crippen LogP contribution in [0.2, 0.25) is 0 Å². The number of halogens is 2. The zero-order valence-electron chi connectivity index (χ0n) is 11.6. The molecule has 19 heavy (non-hydrogen) atoms. The molecule has 1 atom stereocenters. The van der Waals surface area contributed by atoms with Crippen molar-refractivity contribution in [2.45, 2.75) is 33.2 Å². The molecule has 0 amide bonds. The van der Waals surface area contributed by atoms with E-state index in [9.17, 15) is 13.6 Å². The number of ether oxygens (including phenoxy) is 1. The van der Waals surface area contributed by atoms with Crippen LogP contribution in [0.5, 0.6) is 0 Å². The van der Waals surface area contributed by atoms with Crippen molar-refractivity contribution in [1.29, 1.82) is 0 Å². The molecule has 0 fully saturated rings.